The molecule has 0 atom stereocenters. The number of methoxy groups -OCH3 is 1. The molecule has 2 aromatic rings. The van der Waals surface area contributed by atoms with E-state index in [2.05, 4.69) is 21.5 Å². The van der Waals surface area contributed by atoms with E-state index in [9.17, 15) is 0 Å². The molecule has 0 aliphatic heterocycles. The van der Waals surface area contributed by atoms with E-state index in [1.54, 1.807) is 7.11 Å². The lowest BCUT2D eigenvalue weighted by Crippen LogP contribution is -2.07. The van der Waals surface area contributed by atoms with Crippen molar-refractivity contribution in [3.8, 4) is 5.88 Å². The number of nitrogens with one attached hydrogen (secondary N) is 1. The monoisotopic (exact) mass is 280 g/mol. The van der Waals surface area contributed by atoms with Crippen LogP contribution in [0.2, 0.25) is 0 Å². The molecular weight excluding hydrogens is 264 g/mol. The zero-order valence-corrected chi connectivity index (χ0v) is 11.6. The van der Waals surface area contributed by atoms with Gasteiger partial charge < -0.3 is 14.5 Å². The van der Waals surface area contributed by atoms with E-state index in [0.29, 0.717) is 35.9 Å². The van der Waals surface area contributed by atoms with Crippen LogP contribution in [0.25, 0.3) is 11.2 Å². The van der Waals surface area contributed by atoms with Crippen LogP contribution in [0.4, 0.5) is 0 Å². The van der Waals surface area contributed by atoms with E-state index in [4.69, 9.17) is 21.7 Å². The van der Waals surface area contributed by atoms with Gasteiger partial charge in [-0.1, -0.05) is 6.08 Å². The molecule has 0 saturated carbocycles. The van der Waals surface area contributed by atoms with E-state index in [1.807, 2.05) is 10.6 Å². The van der Waals surface area contributed by atoms with Gasteiger partial charge in [-0.25, -0.2) is 4.98 Å². The Morgan fingerprint density at radius 2 is 2.32 bits per heavy atom. The number of rotatable bonds is 7. The lowest BCUT2D eigenvalue weighted by atomic mass is 10.4. The zero-order chi connectivity index (χ0) is 13.7. The fourth-order valence-electron chi connectivity index (χ4n) is 1.73. The van der Waals surface area contributed by atoms with Crippen molar-refractivity contribution < 1.29 is 9.47 Å². The molecule has 7 heteroatoms. The van der Waals surface area contributed by atoms with Crippen molar-refractivity contribution in [2.75, 3.05) is 20.3 Å². The van der Waals surface area contributed by atoms with E-state index < -0.39 is 0 Å². The highest BCUT2D eigenvalue weighted by Gasteiger charge is 2.10. The zero-order valence-electron chi connectivity index (χ0n) is 10.8. The summed E-state index contributed by atoms with van der Waals surface area (Å²) in [5.74, 6) is 0.488. The van der Waals surface area contributed by atoms with Gasteiger partial charge >= 0.3 is 0 Å². The first-order chi connectivity index (χ1) is 9.27. The quantitative estimate of drug-likeness (QED) is 0.478. The maximum absolute atomic E-state index is 5.48. The summed E-state index contributed by atoms with van der Waals surface area (Å²) in [5, 5.41) is 0. The molecule has 1 N–H and O–H groups in total. The highest BCUT2D eigenvalue weighted by molar-refractivity contribution is 7.71. The van der Waals surface area contributed by atoms with Crippen molar-refractivity contribution in [3.05, 3.63) is 23.8 Å². The number of H-pyrrole nitrogens is 1. The first kappa shape index (κ1) is 13.7. The predicted molar refractivity (Wildman–Crippen MR) is 74.9 cm³/mol. The van der Waals surface area contributed by atoms with Gasteiger partial charge in [0.05, 0.1) is 26.9 Å². The summed E-state index contributed by atoms with van der Waals surface area (Å²) >= 11 is 5.27. The van der Waals surface area contributed by atoms with Gasteiger partial charge in [0.1, 0.15) is 11.8 Å². The third kappa shape index (κ3) is 2.99. The highest BCUT2D eigenvalue weighted by Crippen LogP contribution is 2.19. The third-order valence-corrected chi connectivity index (χ3v) is 2.97. The normalized spacial score (nSPS) is 10.8. The predicted octanol–water partition coefficient (Wildman–Crippen LogP) is 2.09. The summed E-state index contributed by atoms with van der Waals surface area (Å²) < 4.78 is 13.1. The molecule has 0 aliphatic carbocycles. The molecule has 2 rings (SSSR count). The maximum atomic E-state index is 5.48. The smallest absolute Gasteiger partial charge is 0.242 e. The lowest BCUT2D eigenvalue weighted by Gasteiger charge is -2.05. The third-order valence-electron chi connectivity index (χ3n) is 2.64. The first-order valence-corrected chi connectivity index (χ1v) is 6.35. The van der Waals surface area contributed by atoms with Crippen molar-refractivity contribution in [2.24, 2.45) is 0 Å². The van der Waals surface area contributed by atoms with Crippen molar-refractivity contribution >= 4 is 23.4 Å². The number of hydrogen-bond acceptors (Lipinski definition) is 5. The summed E-state index contributed by atoms with van der Waals surface area (Å²) in [6.07, 6.45) is 4.13. The standard InChI is InChI=1S/C12H16N4O2S/c1-3-4-6-18-7-5-16-10-9(15-12(16)19)11(17-2)14-8-13-10/h3,8H,1,4-7H2,2H3,(H,15,19). The second-order valence-electron chi connectivity index (χ2n) is 3.85. The number of imidazole rings is 1. The van der Waals surface area contributed by atoms with E-state index in [-0.39, 0.29) is 0 Å². The second-order valence-corrected chi connectivity index (χ2v) is 4.24. The molecule has 0 fully saturated rings. The number of hydrogen-bond donors (Lipinski definition) is 1. The minimum Gasteiger partial charge on any atom is -0.479 e. The van der Waals surface area contributed by atoms with Gasteiger partial charge in [0, 0.05) is 0 Å². The van der Waals surface area contributed by atoms with Gasteiger partial charge in [-0.05, 0) is 18.6 Å². The molecular formula is C12H16N4O2S. The molecule has 2 aromatic heterocycles. The van der Waals surface area contributed by atoms with E-state index in [1.165, 1.54) is 6.33 Å². The van der Waals surface area contributed by atoms with Crippen molar-refractivity contribution in [2.45, 2.75) is 13.0 Å². The van der Waals surface area contributed by atoms with Crippen LogP contribution >= 0.6 is 12.2 Å². The molecule has 0 saturated heterocycles. The molecule has 0 spiro atoms. The van der Waals surface area contributed by atoms with Crippen LogP contribution in [0, 0.1) is 4.77 Å². The summed E-state index contributed by atoms with van der Waals surface area (Å²) in [5.41, 5.74) is 1.44. The van der Waals surface area contributed by atoms with Crippen molar-refractivity contribution in [1.82, 2.24) is 19.5 Å². The molecule has 19 heavy (non-hydrogen) atoms. The fraction of sp³-hybridized carbons (Fsp3) is 0.417. The molecule has 0 amide bonds. The Balaban J connectivity index is 2.16. The van der Waals surface area contributed by atoms with Gasteiger partial charge in [0.25, 0.3) is 0 Å². The van der Waals surface area contributed by atoms with Crippen LogP contribution in [0.5, 0.6) is 5.88 Å². The summed E-state index contributed by atoms with van der Waals surface area (Å²) in [7, 11) is 1.56. The van der Waals surface area contributed by atoms with Crippen LogP contribution < -0.4 is 4.74 Å². The summed E-state index contributed by atoms with van der Waals surface area (Å²) in [4.78, 5) is 11.3. The lowest BCUT2D eigenvalue weighted by molar-refractivity contribution is 0.131. The molecule has 0 unspecified atom stereocenters. The minimum absolute atomic E-state index is 0.488. The average molecular weight is 280 g/mol. The summed E-state index contributed by atoms with van der Waals surface area (Å²) in [6, 6.07) is 0. The Hall–Kier alpha value is -1.73. The van der Waals surface area contributed by atoms with Crippen molar-refractivity contribution in [1.29, 1.82) is 0 Å². The molecule has 2 heterocycles. The molecule has 0 aliphatic rings. The van der Waals surface area contributed by atoms with Gasteiger partial charge in [-0.3, -0.25) is 4.57 Å². The topological polar surface area (TPSA) is 65.0 Å². The van der Waals surface area contributed by atoms with Gasteiger partial charge in [0.2, 0.25) is 5.88 Å². The van der Waals surface area contributed by atoms with E-state index in [0.717, 1.165) is 12.1 Å². The number of aromatic amines is 1. The molecule has 0 aromatic carbocycles. The summed E-state index contributed by atoms with van der Waals surface area (Å²) in [6.45, 7) is 5.51. The van der Waals surface area contributed by atoms with Crippen LogP contribution in [0.15, 0.2) is 19.0 Å². The first-order valence-electron chi connectivity index (χ1n) is 5.94. The average Bonchev–Trinajstić information content (AvgIpc) is 2.74. The fourth-order valence-corrected chi connectivity index (χ4v) is 2.01. The second kappa shape index (κ2) is 6.44. The van der Waals surface area contributed by atoms with Crippen LogP contribution in [-0.2, 0) is 11.3 Å². The van der Waals surface area contributed by atoms with Gasteiger partial charge in [-0.15, -0.1) is 6.58 Å². The number of aromatic nitrogens is 4. The Labute approximate surface area is 116 Å². The number of fused-ring (bicyclic) bond motifs is 1. The minimum atomic E-state index is 0.488. The van der Waals surface area contributed by atoms with Crippen LogP contribution in [-0.4, -0.2) is 39.8 Å². The van der Waals surface area contributed by atoms with E-state index >= 15 is 0 Å². The van der Waals surface area contributed by atoms with Crippen molar-refractivity contribution in [3.63, 3.8) is 0 Å². The maximum Gasteiger partial charge on any atom is 0.242 e. The molecule has 0 bridgehead atoms. The Morgan fingerprint density at radius 1 is 1.47 bits per heavy atom. The SMILES string of the molecule is C=CCCOCCn1c(=S)[nH]c2c(OC)ncnc21. The van der Waals surface area contributed by atoms with Crippen LogP contribution in [0.1, 0.15) is 6.42 Å². The molecule has 6 nitrogen and oxygen atoms in total. The largest absolute Gasteiger partial charge is 0.479 e. The molecule has 102 valence electrons. The van der Waals surface area contributed by atoms with Gasteiger partial charge in [0.15, 0.2) is 10.4 Å². The number of ether oxygens (including phenoxy) is 2. The Kier molecular flexibility index (Phi) is 4.64. The molecule has 0 radical (unpaired) electrons. The Bertz CT molecular complexity index is 620. The Morgan fingerprint density at radius 3 is 3.05 bits per heavy atom. The highest BCUT2D eigenvalue weighted by atomic mass is 32.1. The van der Waals surface area contributed by atoms with Crippen LogP contribution in [0.3, 0.4) is 0 Å². The van der Waals surface area contributed by atoms with Gasteiger partial charge in [-0.2, -0.15) is 4.98 Å². The number of nitrogens with zero attached hydrogens (tertiary/aromatic N) is 3.